The summed E-state index contributed by atoms with van der Waals surface area (Å²) in [5, 5.41) is 55.1. The van der Waals surface area contributed by atoms with Gasteiger partial charge in [-0.2, -0.15) is 0 Å². The van der Waals surface area contributed by atoms with Crippen LogP contribution in [-0.4, -0.2) is 266 Å². The number of anilines is 1. The number of aliphatic carboxylic acids is 4. The maximum Gasteiger partial charge on any atom is 0.326 e. The van der Waals surface area contributed by atoms with Crippen molar-refractivity contribution in [3.8, 4) is 22.5 Å². The molecular formula is C55H81N11O17. The standard InChI is InChI=1S/C55H81N11O17/c1-2-44(55(77)78)58-47(68)14-27-80-29-31-82-33-35-83-34-32-81-30-28-79-26-13-46(67)57-16-12-49(70)65-36-41-8-3-4-9-42(41)54-53(43-10-5-6-11-45(43)65)59-60-66(54)17-7-15-56-48(69)37-61-18-20-62(38-50(71)72)22-24-64(40-52(75)76)25-23-63(21-19-61)39-51(73)74/h3-6,8-11,44H,2,7,12-40H2,1H3,(H,56,69)(H,57,67)(H,58,68)(H,71,72)(H,73,74)(H,75,76)(H,77,78)/t44-/m1/s1. The second-order valence-corrected chi connectivity index (χ2v) is 19.7. The van der Waals surface area contributed by atoms with E-state index in [0.29, 0.717) is 95.6 Å². The molecule has 2 aliphatic rings. The number of para-hydroxylation sites is 1. The number of carbonyl (C=O) groups is 8. The Morgan fingerprint density at radius 2 is 1.00 bits per heavy atom. The van der Waals surface area contributed by atoms with Gasteiger partial charge in [0.15, 0.2) is 0 Å². The van der Waals surface area contributed by atoms with Crippen molar-refractivity contribution in [1.82, 2.24) is 50.5 Å². The average molecular weight is 1170 g/mol. The van der Waals surface area contributed by atoms with Crippen LogP contribution in [0.1, 0.15) is 44.6 Å². The highest BCUT2D eigenvalue weighted by Crippen LogP contribution is 2.41. The first-order valence-corrected chi connectivity index (χ1v) is 28.0. The first-order chi connectivity index (χ1) is 40.1. The van der Waals surface area contributed by atoms with Crippen molar-refractivity contribution >= 4 is 53.2 Å². The summed E-state index contributed by atoms with van der Waals surface area (Å²) >= 11 is 0. The molecule has 0 unspecified atom stereocenters. The maximum absolute atomic E-state index is 14.1. The number of carboxylic acids is 4. The summed E-state index contributed by atoms with van der Waals surface area (Å²) in [6.07, 6.45) is 0.963. The number of amides is 4. The molecule has 2 aliphatic heterocycles. The van der Waals surface area contributed by atoms with Gasteiger partial charge in [0, 0.05) is 102 Å². The summed E-state index contributed by atoms with van der Waals surface area (Å²) in [4.78, 5) is 107. The number of carbonyl (C=O) groups excluding carboxylic acids is 4. The third kappa shape index (κ3) is 24.8. The van der Waals surface area contributed by atoms with Crippen LogP contribution in [0, 0.1) is 0 Å². The molecule has 3 aromatic rings. The van der Waals surface area contributed by atoms with Crippen molar-refractivity contribution in [3.63, 3.8) is 0 Å². The zero-order valence-corrected chi connectivity index (χ0v) is 47.3. The minimum Gasteiger partial charge on any atom is -0.480 e. The molecule has 28 nitrogen and oxygen atoms in total. The van der Waals surface area contributed by atoms with Crippen LogP contribution in [0.2, 0.25) is 0 Å². The molecule has 5 rings (SSSR count). The van der Waals surface area contributed by atoms with Crippen LogP contribution >= 0.6 is 0 Å². The number of aryl methyl sites for hydroxylation is 1. The summed E-state index contributed by atoms with van der Waals surface area (Å²) in [6.45, 7) is 7.07. The molecule has 0 radical (unpaired) electrons. The highest BCUT2D eigenvalue weighted by molar-refractivity contribution is 6.00. The van der Waals surface area contributed by atoms with E-state index in [2.05, 4.69) is 26.3 Å². The molecule has 0 spiro atoms. The monoisotopic (exact) mass is 1170 g/mol. The molecule has 2 aromatic carbocycles. The van der Waals surface area contributed by atoms with Gasteiger partial charge in [-0.25, -0.2) is 9.48 Å². The molecule has 28 heteroatoms. The van der Waals surface area contributed by atoms with E-state index in [1.54, 1.807) is 31.2 Å². The minimum atomic E-state index is -1.07. The number of aromatic nitrogens is 3. The van der Waals surface area contributed by atoms with Gasteiger partial charge in [0.05, 0.1) is 110 Å². The predicted octanol–water partition coefficient (Wildman–Crippen LogP) is -0.211. The van der Waals surface area contributed by atoms with Crippen molar-refractivity contribution in [2.75, 3.05) is 163 Å². The molecule has 458 valence electrons. The summed E-state index contributed by atoms with van der Waals surface area (Å²) < 4.78 is 29.1. The lowest BCUT2D eigenvalue weighted by atomic mass is 9.95. The second-order valence-electron chi connectivity index (χ2n) is 19.7. The Kier molecular flexibility index (Phi) is 30.0. The third-order valence-corrected chi connectivity index (χ3v) is 13.5. The van der Waals surface area contributed by atoms with Gasteiger partial charge in [0.1, 0.15) is 11.7 Å². The topological polar surface area (TPSA) is 347 Å². The molecule has 3 heterocycles. The number of nitrogens with one attached hydrogen (secondary N) is 3. The Hall–Kier alpha value is -7.02. The molecule has 1 atom stereocenters. The number of benzene rings is 2. The molecule has 1 saturated heterocycles. The SMILES string of the molecule is CC[C@@H](NC(=O)CCOCCOCCOCCOCCOCCC(=O)NCCC(=O)N1Cc2ccccc2-c2c(nnn2CCCNC(=O)CN2CCN(CC(=O)O)CCN(CC(=O)O)CCN(CC(=O)O)CC2)-c2ccccc21)C(=O)O. The maximum atomic E-state index is 14.1. The number of hydrogen-bond donors (Lipinski definition) is 7. The molecule has 0 saturated carbocycles. The number of ether oxygens (including phenoxy) is 5. The molecule has 7 N–H and O–H groups in total. The summed E-state index contributed by atoms with van der Waals surface area (Å²) in [6, 6.07) is 14.3. The molecule has 0 bridgehead atoms. The van der Waals surface area contributed by atoms with Crippen molar-refractivity contribution in [1.29, 1.82) is 0 Å². The fourth-order valence-electron chi connectivity index (χ4n) is 9.14. The Morgan fingerprint density at radius 3 is 1.51 bits per heavy atom. The van der Waals surface area contributed by atoms with Gasteiger partial charge in [-0.3, -0.25) is 53.2 Å². The van der Waals surface area contributed by atoms with Crippen LogP contribution in [0.4, 0.5) is 5.69 Å². The fraction of sp³-hybridized carbons (Fsp3) is 0.600. The third-order valence-electron chi connectivity index (χ3n) is 13.5. The van der Waals surface area contributed by atoms with E-state index in [1.807, 2.05) is 53.4 Å². The van der Waals surface area contributed by atoms with Gasteiger partial charge in [0.25, 0.3) is 0 Å². The van der Waals surface area contributed by atoms with Crippen molar-refractivity contribution < 1.29 is 82.5 Å². The summed E-state index contributed by atoms with van der Waals surface area (Å²) in [5.41, 5.74) is 4.36. The molecular weight excluding hydrogens is 1090 g/mol. The normalized spacial score (nSPS) is 15.0. The smallest absolute Gasteiger partial charge is 0.326 e. The van der Waals surface area contributed by atoms with E-state index in [0.717, 1.165) is 16.8 Å². The second kappa shape index (κ2) is 37.2. The Morgan fingerprint density at radius 1 is 0.542 bits per heavy atom. The molecule has 1 aromatic heterocycles. The lowest BCUT2D eigenvalue weighted by molar-refractivity contribution is -0.142. The predicted molar refractivity (Wildman–Crippen MR) is 299 cm³/mol. The van der Waals surface area contributed by atoms with Crippen molar-refractivity contribution in [2.45, 2.75) is 58.2 Å². The molecule has 83 heavy (non-hydrogen) atoms. The lowest BCUT2D eigenvalue weighted by Crippen LogP contribution is -2.49. The lowest BCUT2D eigenvalue weighted by Gasteiger charge is -2.32. The number of nitrogens with zero attached hydrogens (tertiary/aromatic N) is 8. The van der Waals surface area contributed by atoms with Crippen molar-refractivity contribution in [3.05, 3.63) is 54.1 Å². The zero-order valence-electron chi connectivity index (χ0n) is 47.3. The van der Waals surface area contributed by atoms with Crippen LogP contribution in [0.5, 0.6) is 0 Å². The van der Waals surface area contributed by atoms with Gasteiger partial charge in [0.2, 0.25) is 23.6 Å². The Balaban J connectivity index is 1.02. The number of carboxylic acid groups (broad SMARTS) is 4. The summed E-state index contributed by atoms with van der Waals surface area (Å²) in [7, 11) is 0. The van der Waals surface area contributed by atoms with Gasteiger partial charge in [-0.05, 0) is 24.5 Å². The van der Waals surface area contributed by atoms with Crippen LogP contribution in [0.3, 0.4) is 0 Å². The highest BCUT2D eigenvalue weighted by Gasteiger charge is 2.29. The van der Waals surface area contributed by atoms with Gasteiger partial charge < -0.3 is 65.0 Å². The van der Waals surface area contributed by atoms with Crippen LogP contribution in [0.15, 0.2) is 48.5 Å². The molecule has 4 amide bonds. The van der Waals surface area contributed by atoms with E-state index in [1.165, 1.54) is 0 Å². The average Bonchev–Trinajstić information content (AvgIpc) is 3.90. The molecule has 1 fully saturated rings. The first kappa shape index (κ1) is 66.8. The van der Waals surface area contributed by atoms with Crippen LogP contribution < -0.4 is 20.9 Å². The summed E-state index contributed by atoms with van der Waals surface area (Å²) in [5.74, 6) is -5.30. The number of hydrogen-bond acceptors (Lipinski definition) is 19. The number of fused-ring (bicyclic) bond motifs is 5. The zero-order chi connectivity index (χ0) is 59.8. The van der Waals surface area contributed by atoms with Crippen molar-refractivity contribution in [2.24, 2.45) is 0 Å². The van der Waals surface area contributed by atoms with Gasteiger partial charge in [-0.1, -0.05) is 54.6 Å². The fourth-order valence-corrected chi connectivity index (χ4v) is 9.14. The van der Waals surface area contributed by atoms with Gasteiger partial charge in [-0.15, -0.1) is 5.10 Å². The largest absolute Gasteiger partial charge is 0.480 e. The Bertz CT molecular complexity index is 2520. The van der Waals surface area contributed by atoms with Gasteiger partial charge >= 0.3 is 23.9 Å². The van der Waals surface area contributed by atoms with E-state index in [9.17, 15) is 53.7 Å². The van der Waals surface area contributed by atoms with E-state index in [4.69, 9.17) is 28.8 Å². The van der Waals surface area contributed by atoms with E-state index >= 15 is 0 Å². The quantitative estimate of drug-likeness (QED) is 0.0370. The van der Waals surface area contributed by atoms with Crippen LogP contribution in [-0.2, 0) is 75.1 Å². The highest BCUT2D eigenvalue weighted by atomic mass is 16.6. The Labute approximate surface area is 482 Å². The van der Waals surface area contributed by atoms with E-state index < -0.39 is 29.9 Å². The molecule has 0 aliphatic carbocycles. The van der Waals surface area contributed by atoms with Crippen LogP contribution in [0.25, 0.3) is 22.5 Å². The first-order valence-electron chi connectivity index (χ1n) is 28.0. The van der Waals surface area contributed by atoms with E-state index in [-0.39, 0.29) is 148 Å². The minimum absolute atomic E-state index is 0.0168. The number of rotatable bonds is 36.